The lowest BCUT2D eigenvalue weighted by atomic mass is 10.0. The van der Waals surface area contributed by atoms with Crippen molar-refractivity contribution < 1.29 is 17.9 Å². The first-order chi connectivity index (χ1) is 8.03. The topological polar surface area (TPSA) is 96.5 Å². The zero-order valence-corrected chi connectivity index (χ0v) is 10.7. The van der Waals surface area contributed by atoms with Gasteiger partial charge < -0.3 is 10.1 Å². The highest BCUT2D eigenvalue weighted by atomic mass is 32.2. The fraction of sp³-hybridized carbons (Fsp3) is 0.889. The fourth-order valence-corrected chi connectivity index (χ4v) is 2.49. The summed E-state index contributed by atoms with van der Waals surface area (Å²) in [6, 6.07) is 0.351. The smallest absolute Gasteiger partial charge is 0.421 e. The molecule has 100 valence electrons. The Balaban J connectivity index is 2.22. The van der Waals surface area contributed by atoms with Gasteiger partial charge in [-0.25, -0.2) is 9.52 Å². The molecule has 0 spiro atoms. The molecule has 0 aromatic heterocycles. The van der Waals surface area contributed by atoms with E-state index in [9.17, 15) is 13.2 Å². The molecule has 0 bridgehead atoms. The van der Waals surface area contributed by atoms with Crippen LogP contribution < -0.4 is 14.8 Å². The van der Waals surface area contributed by atoms with E-state index < -0.39 is 16.3 Å². The largest absolute Gasteiger partial charge is 0.452 e. The van der Waals surface area contributed by atoms with E-state index in [4.69, 9.17) is 0 Å². The summed E-state index contributed by atoms with van der Waals surface area (Å²) in [5.74, 6) is 0. The minimum absolute atomic E-state index is 0.296. The van der Waals surface area contributed by atoms with Gasteiger partial charge in [0.05, 0.1) is 7.11 Å². The van der Waals surface area contributed by atoms with Gasteiger partial charge in [0.15, 0.2) is 0 Å². The van der Waals surface area contributed by atoms with E-state index in [1.54, 1.807) is 4.72 Å². The summed E-state index contributed by atoms with van der Waals surface area (Å²) in [6.45, 7) is 1.28. The lowest BCUT2D eigenvalue weighted by Gasteiger charge is -2.23. The maximum Gasteiger partial charge on any atom is 0.421 e. The Hall–Kier alpha value is -0.860. The van der Waals surface area contributed by atoms with Crippen LogP contribution in [0.5, 0.6) is 0 Å². The summed E-state index contributed by atoms with van der Waals surface area (Å²) in [7, 11) is -2.69. The second kappa shape index (κ2) is 6.77. The SMILES string of the molecule is COC(=O)NS(=O)(=O)NCCC1CCCCN1. The maximum atomic E-state index is 11.3. The molecule has 0 aliphatic carbocycles. The zero-order chi connectivity index (χ0) is 12.7. The molecule has 1 unspecified atom stereocenters. The third-order valence-electron chi connectivity index (χ3n) is 2.60. The summed E-state index contributed by atoms with van der Waals surface area (Å²) in [4.78, 5) is 10.7. The van der Waals surface area contributed by atoms with Crippen molar-refractivity contribution in [3.05, 3.63) is 0 Å². The molecule has 1 rings (SSSR count). The molecular weight excluding hydrogens is 246 g/mol. The van der Waals surface area contributed by atoms with Crippen LogP contribution in [0.25, 0.3) is 0 Å². The van der Waals surface area contributed by atoms with Crippen molar-refractivity contribution in [2.45, 2.75) is 31.7 Å². The molecule has 1 saturated heterocycles. The first kappa shape index (κ1) is 14.2. The quantitative estimate of drug-likeness (QED) is 0.634. The van der Waals surface area contributed by atoms with Crippen LogP contribution in [0.4, 0.5) is 4.79 Å². The molecule has 0 aromatic rings. The zero-order valence-electron chi connectivity index (χ0n) is 9.86. The maximum absolute atomic E-state index is 11.3. The Bertz CT molecular complexity index is 338. The number of nitrogens with one attached hydrogen (secondary N) is 3. The minimum atomic E-state index is -3.80. The number of methoxy groups -OCH3 is 1. The minimum Gasteiger partial charge on any atom is -0.452 e. The highest BCUT2D eigenvalue weighted by Gasteiger charge is 2.16. The fourth-order valence-electron chi connectivity index (χ4n) is 1.73. The van der Waals surface area contributed by atoms with Gasteiger partial charge in [-0.2, -0.15) is 13.1 Å². The number of carbonyl (C=O) groups is 1. The van der Waals surface area contributed by atoms with E-state index in [2.05, 4.69) is 14.8 Å². The molecule has 1 fully saturated rings. The van der Waals surface area contributed by atoms with Crippen molar-refractivity contribution in [3.8, 4) is 0 Å². The van der Waals surface area contributed by atoms with Crippen LogP contribution in [0.15, 0.2) is 0 Å². The van der Waals surface area contributed by atoms with E-state index in [1.807, 2.05) is 0 Å². The molecular formula is C9H19N3O4S. The first-order valence-electron chi connectivity index (χ1n) is 5.62. The Labute approximate surface area is 101 Å². The van der Waals surface area contributed by atoms with Gasteiger partial charge in [-0.15, -0.1) is 0 Å². The van der Waals surface area contributed by atoms with Crippen LogP contribution in [0.2, 0.25) is 0 Å². The molecule has 8 heteroatoms. The monoisotopic (exact) mass is 265 g/mol. The van der Waals surface area contributed by atoms with Gasteiger partial charge in [0.25, 0.3) is 0 Å². The normalized spacial score (nSPS) is 20.9. The summed E-state index contributed by atoms with van der Waals surface area (Å²) >= 11 is 0. The Kier molecular flexibility index (Phi) is 5.66. The van der Waals surface area contributed by atoms with Crippen LogP contribution >= 0.6 is 0 Å². The van der Waals surface area contributed by atoms with E-state index in [0.717, 1.165) is 20.1 Å². The van der Waals surface area contributed by atoms with Crippen LogP contribution in [0.3, 0.4) is 0 Å². The molecule has 0 radical (unpaired) electrons. The molecule has 1 amide bonds. The van der Waals surface area contributed by atoms with Crippen LogP contribution in [0, 0.1) is 0 Å². The predicted octanol–water partition coefficient (Wildman–Crippen LogP) is -0.291. The number of ether oxygens (including phenoxy) is 1. The highest BCUT2D eigenvalue weighted by molar-refractivity contribution is 7.88. The number of hydrogen-bond acceptors (Lipinski definition) is 5. The second-order valence-corrected chi connectivity index (χ2v) is 5.43. The van der Waals surface area contributed by atoms with Crippen molar-refractivity contribution in [1.82, 2.24) is 14.8 Å². The van der Waals surface area contributed by atoms with E-state index >= 15 is 0 Å². The molecule has 1 atom stereocenters. The van der Waals surface area contributed by atoms with Crippen LogP contribution in [-0.4, -0.2) is 40.8 Å². The molecule has 0 saturated carbocycles. The van der Waals surface area contributed by atoms with Crippen LogP contribution in [-0.2, 0) is 14.9 Å². The lowest BCUT2D eigenvalue weighted by Crippen LogP contribution is -2.42. The Morgan fingerprint density at radius 3 is 2.82 bits per heavy atom. The van der Waals surface area contributed by atoms with Crippen LogP contribution in [0.1, 0.15) is 25.7 Å². The molecule has 17 heavy (non-hydrogen) atoms. The van der Waals surface area contributed by atoms with Gasteiger partial charge >= 0.3 is 16.3 Å². The third kappa shape index (κ3) is 5.85. The first-order valence-corrected chi connectivity index (χ1v) is 7.10. The van der Waals surface area contributed by atoms with Crippen molar-refractivity contribution in [2.24, 2.45) is 0 Å². The van der Waals surface area contributed by atoms with Gasteiger partial charge in [0.2, 0.25) is 0 Å². The number of hydrogen-bond donors (Lipinski definition) is 3. The number of piperidine rings is 1. The van der Waals surface area contributed by atoms with Gasteiger partial charge in [-0.1, -0.05) is 6.42 Å². The second-order valence-electron chi connectivity index (χ2n) is 3.93. The van der Waals surface area contributed by atoms with Gasteiger partial charge in [-0.3, -0.25) is 0 Å². The Morgan fingerprint density at radius 1 is 1.47 bits per heavy atom. The Morgan fingerprint density at radius 2 is 2.24 bits per heavy atom. The molecule has 1 aliphatic heterocycles. The number of amides is 1. The van der Waals surface area contributed by atoms with Gasteiger partial charge in [-0.05, 0) is 25.8 Å². The lowest BCUT2D eigenvalue weighted by molar-refractivity contribution is 0.177. The molecule has 7 nitrogen and oxygen atoms in total. The van der Waals surface area contributed by atoms with Gasteiger partial charge in [0.1, 0.15) is 0 Å². The predicted molar refractivity (Wildman–Crippen MR) is 62.7 cm³/mol. The number of carbonyl (C=O) groups excluding carboxylic acids is 1. The summed E-state index contributed by atoms with van der Waals surface area (Å²) in [6.07, 6.45) is 3.12. The average molecular weight is 265 g/mol. The summed E-state index contributed by atoms with van der Waals surface area (Å²) in [5.41, 5.74) is 0. The average Bonchev–Trinajstić information content (AvgIpc) is 2.29. The summed E-state index contributed by atoms with van der Waals surface area (Å²) in [5, 5.41) is 3.31. The number of rotatable bonds is 5. The van der Waals surface area contributed by atoms with Crippen molar-refractivity contribution >= 4 is 16.3 Å². The van der Waals surface area contributed by atoms with Crippen molar-refractivity contribution in [2.75, 3.05) is 20.2 Å². The van der Waals surface area contributed by atoms with E-state index in [-0.39, 0.29) is 0 Å². The van der Waals surface area contributed by atoms with Gasteiger partial charge in [0, 0.05) is 12.6 Å². The molecule has 1 heterocycles. The standard InChI is InChI=1S/C9H19N3O4S/c1-16-9(13)12-17(14,15)11-7-5-8-4-2-3-6-10-8/h8,10-11H,2-7H2,1H3,(H,12,13). The van der Waals surface area contributed by atoms with E-state index in [0.29, 0.717) is 19.0 Å². The highest BCUT2D eigenvalue weighted by Crippen LogP contribution is 2.09. The molecule has 3 N–H and O–H groups in total. The molecule has 1 aliphatic rings. The third-order valence-corrected chi connectivity index (χ3v) is 3.62. The van der Waals surface area contributed by atoms with Crippen molar-refractivity contribution in [1.29, 1.82) is 0 Å². The molecule has 0 aromatic carbocycles. The van der Waals surface area contributed by atoms with Crippen molar-refractivity contribution in [3.63, 3.8) is 0 Å². The van der Waals surface area contributed by atoms with E-state index in [1.165, 1.54) is 12.8 Å². The summed E-state index contributed by atoms with van der Waals surface area (Å²) < 4.78 is 30.8.